The average Bonchev–Trinajstić information content (AvgIpc) is 2.97. The smallest absolute Gasteiger partial charge is 0.253 e. The van der Waals surface area contributed by atoms with Crippen LogP contribution in [0.4, 0.5) is 0 Å². The SMILES string of the molecule is CNCCCNC(=O)c1cc(Cl)ccc1-n1cnnn1. The fourth-order valence-electron chi connectivity index (χ4n) is 1.72. The summed E-state index contributed by atoms with van der Waals surface area (Å²) in [5.74, 6) is -0.200. The highest BCUT2D eigenvalue weighted by molar-refractivity contribution is 6.31. The molecular formula is C12H15ClN6O. The topological polar surface area (TPSA) is 84.7 Å². The molecule has 0 bridgehead atoms. The standard InChI is InChI=1S/C12H15ClN6O/c1-14-5-2-6-15-12(20)10-7-9(13)3-4-11(10)19-8-16-17-18-19/h3-4,7-8,14H,2,5-6H2,1H3,(H,15,20). The molecule has 2 N–H and O–H groups in total. The van der Waals surface area contributed by atoms with Gasteiger partial charge in [-0.2, -0.15) is 4.68 Å². The molecule has 8 heteroatoms. The van der Waals surface area contributed by atoms with Crippen molar-refractivity contribution in [3.63, 3.8) is 0 Å². The van der Waals surface area contributed by atoms with Gasteiger partial charge >= 0.3 is 0 Å². The third-order valence-corrected chi connectivity index (χ3v) is 2.92. The molecule has 0 aliphatic heterocycles. The first-order chi connectivity index (χ1) is 9.72. The highest BCUT2D eigenvalue weighted by atomic mass is 35.5. The zero-order valence-electron chi connectivity index (χ0n) is 11.0. The lowest BCUT2D eigenvalue weighted by atomic mass is 10.1. The Balaban J connectivity index is 2.17. The van der Waals surface area contributed by atoms with Gasteiger partial charge in [-0.3, -0.25) is 4.79 Å². The maximum absolute atomic E-state index is 12.2. The molecule has 0 saturated carbocycles. The molecule has 0 saturated heterocycles. The Labute approximate surface area is 121 Å². The minimum absolute atomic E-state index is 0.200. The number of aromatic nitrogens is 4. The first-order valence-electron chi connectivity index (χ1n) is 6.18. The molecule has 2 aromatic rings. The molecule has 2 rings (SSSR count). The molecule has 0 atom stereocenters. The van der Waals surface area contributed by atoms with Crippen molar-refractivity contribution in [2.45, 2.75) is 6.42 Å². The molecule has 0 spiro atoms. The molecule has 0 unspecified atom stereocenters. The Bertz CT molecular complexity index is 571. The maximum atomic E-state index is 12.2. The number of rotatable bonds is 6. The number of halogens is 1. The molecule has 0 aliphatic rings. The molecule has 1 amide bonds. The Hall–Kier alpha value is -1.99. The third kappa shape index (κ3) is 3.52. The van der Waals surface area contributed by atoms with E-state index in [1.807, 2.05) is 7.05 Å². The van der Waals surface area contributed by atoms with Gasteiger partial charge in [0.1, 0.15) is 6.33 Å². The van der Waals surface area contributed by atoms with E-state index in [9.17, 15) is 4.79 Å². The van der Waals surface area contributed by atoms with Gasteiger partial charge in [0.05, 0.1) is 11.3 Å². The second-order valence-electron chi connectivity index (χ2n) is 4.13. The summed E-state index contributed by atoms with van der Waals surface area (Å²) in [4.78, 5) is 12.2. The number of nitrogens with one attached hydrogen (secondary N) is 2. The van der Waals surface area contributed by atoms with Gasteiger partial charge in [0.2, 0.25) is 0 Å². The summed E-state index contributed by atoms with van der Waals surface area (Å²) in [7, 11) is 1.87. The molecule has 1 heterocycles. The Morgan fingerprint density at radius 3 is 2.95 bits per heavy atom. The van der Waals surface area contributed by atoms with E-state index in [-0.39, 0.29) is 5.91 Å². The largest absolute Gasteiger partial charge is 0.352 e. The van der Waals surface area contributed by atoms with E-state index in [0.717, 1.165) is 13.0 Å². The molecular weight excluding hydrogens is 280 g/mol. The monoisotopic (exact) mass is 294 g/mol. The molecule has 7 nitrogen and oxygen atoms in total. The number of nitrogens with zero attached hydrogens (tertiary/aromatic N) is 4. The average molecular weight is 295 g/mol. The fraction of sp³-hybridized carbons (Fsp3) is 0.333. The maximum Gasteiger partial charge on any atom is 0.253 e. The van der Waals surface area contributed by atoms with Gasteiger partial charge in [-0.25, -0.2) is 0 Å². The Morgan fingerprint density at radius 1 is 1.40 bits per heavy atom. The van der Waals surface area contributed by atoms with Crippen molar-refractivity contribution >= 4 is 17.5 Å². The highest BCUT2D eigenvalue weighted by Crippen LogP contribution is 2.18. The van der Waals surface area contributed by atoms with Crippen molar-refractivity contribution in [2.24, 2.45) is 0 Å². The minimum Gasteiger partial charge on any atom is -0.352 e. The predicted molar refractivity (Wildman–Crippen MR) is 75.0 cm³/mol. The molecule has 0 aliphatic carbocycles. The lowest BCUT2D eigenvalue weighted by Gasteiger charge is -2.10. The van der Waals surface area contributed by atoms with E-state index in [0.29, 0.717) is 22.8 Å². The summed E-state index contributed by atoms with van der Waals surface area (Å²) < 4.78 is 1.43. The first kappa shape index (κ1) is 14.4. The van der Waals surface area contributed by atoms with Crippen molar-refractivity contribution < 1.29 is 4.79 Å². The lowest BCUT2D eigenvalue weighted by Crippen LogP contribution is -2.27. The van der Waals surface area contributed by atoms with Crippen LogP contribution < -0.4 is 10.6 Å². The Kier molecular flexibility index (Phi) is 5.03. The highest BCUT2D eigenvalue weighted by Gasteiger charge is 2.14. The number of carbonyl (C=O) groups excluding carboxylic acids is 1. The summed E-state index contributed by atoms with van der Waals surface area (Å²) in [5.41, 5.74) is 1.03. The van der Waals surface area contributed by atoms with E-state index < -0.39 is 0 Å². The van der Waals surface area contributed by atoms with Gasteiger partial charge in [-0.1, -0.05) is 11.6 Å². The summed E-state index contributed by atoms with van der Waals surface area (Å²) in [6.45, 7) is 1.43. The van der Waals surface area contributed by atoms with E-state index >= 15 is 0 Å². The summed E-state index contributed by atoms with van der Waals surface area (Å²) in [6, 6.07) is 5.00. The van der Waals surface area contributed by atoms with E-state index in [1.165, 1.54) is 11.0 Å². The normalized spacial score (nSPS) is 10.5. The Morgan fingerprint density at radius 2 is 2.25 bits per heavy atom. The molecule has 1 aromatic heterocycles. The quantitative estimate of drug-likeness (QED) is 0.764. The fourth-order valence-corrected chi connectivity index (χ4v) is 1.90. The third-order valence-electron chi connectivity index (χ3n) is 2.69. The van der Waals surface area contributed by atoms with Crippen LogP contribution in [0.3, 0.4) is 0 Å². The minimum atomic E-state index is -0.200. The van der Waals surface area contributed by atoms with Crippen LogP contribution in [0.5, 0.6) is 0 Å². The van der Waals surface area contributed by atoms with Gasteiger partial charge in [0.25, 0.3) is 5.91 Å². The molecule has 0 radical (unpaired) electrons. The van der Waals surface area contributed by atoms with E-state index in [4.69, 9.17) is 11.6 Å². The van der Waals surface area contributed by atoms with E-state index in [1.54, 1.807) is 18.2 Å². The lowest BCUT2D eigenvalue weighted by molar-refractivity contribution is 0.0953. The van der Waals surface area contributed by atoms with Crippen LogP contribution in [-0.2, 0) is 0 Å². The zero-order valence-corrected chi connectivity index (χ0v) is 11.8. The van der Waals surface area contributed by atoms with Crippen molar-refractivity contribution in [1.82, 2.24) is 30.8 Å². The van der Waals surface area contributed by atoms with Crippen molar-refractivity contribution in [3.05, 3.63) is 35.1 Å². The predicted octanol–water partition coefficient (Wildman–Crippen LogP) is 0.655. The van der Waals surface area contributed by atoms with Gasteiger partial charge in [0, 0.05) is 11.6 Å². The van der Waals surface area contributed by atoms with Crippen molar-refractivity contribution in [1.29, 1.82) is 0 Å². The molecule has 1 aromatic carbocycles. The number of hydrogen-bond acceptors (Lipinski definition) is 5. The van der Waals surface area contributed by atoms with E-state index in [2.05, 4.69) is 26.2 Å². The number of hydrogen-bond donors (Lipinski definition) is 2. The van der Waals surface area contributed by atoms with Crippen molar-refractivity contribution in [2.75, 3.05) is 20.1 Å². The number of amides is 1. The van der Waals surface area contributed by atoms with Crippen LogP contribution in [0.15, 0.2) is 24.5 Å². The van der Waals surface area contributed by atoms with Gasteiger partial charge in [-0.05, 0) is 48.6 Å². The van der Waals surface area contributed by atoms with Crippen molar-refractivity contribution in [3.8, 4) is 5.69 Å². The van der Waals surface area contributed by atoms with Crippen LogP contribution in [0, 0.1) is 0 Å². The van der Waals surface area contributed by atoms with Crippen LogP contribution in [0.25, 0.3) is 5.69 Å². The summed E-state index contributed by atoms with van der Waals surface area (Å²) >= 11 is 5.96. The molecule has 20 heavy (non-hydrogen) atoms. The zero-order chi connectivity index (χ0) is 14.4. The van der Waals surface area contributed by atoms with Crippen LogP contribution >= 0.6 is 11.6 Å². The summed E-state index contributed by atoms with van der Waals surface area (Å²) in [6.07, 6.45) is 2.28. The summed E-state index contributed by atoms with van der Waals surface area (Å²) in [5, 5.41) is 17.3. The first-order valence-corrected chi connectivity index (χ1v) is 6.56. The molecule has 106 valence electrons. The van der Waals surface area contributed by atoms with Gasteiger partial charge < -0.3 is 10.6 Å². The second kappa shape index (κ2) is 6.97. The number of carbonyl (C=O) groups is 1. The second-order valence-corrected chi connectivity index (χ2v) is 4.57. The number of tetrazole rings is 1. The van der Waals surface area contributed by atoms with Crippen LogP contribution in [-0.4, -0.2) is 46.3 Å². The molecule has 0 fully saturated rings. The van der Waals surface area contributed by atoms with Gasteiger partial charge in [-0.15, -0.1) is 5.10 Å². The van der Waals surface area contributed by atoms with Crippen LogP contribution in [0.1, 0.15) is 16.8 Å². The number of benzene rings is 1. The van der Waals surface area contributed by atoms with Gasteiger partial charge in [0.15, 0.2) is 0 Å². The van der Waals surface area contributed by atoms with Crippen LogP contribution in [0.2, 0.25) is 5.02 Å².